The van der Waals surface area contributed by atoms with Gasteiger partial charge in [-0.1, -0.05) is 11.6 Å². The number of aromatic nitrogens is 1. The molecule has 0 radical (unpaired) electrons. The summed E-state index contributed by atoms with van der Waals surface area (Å²) in [6, 6.07) is 9.89. The molecular weight excluding hydrogens is 320 g/mol. The Labute approximate surface area is 138 Å². The van der Waals surface area contributed by atoms with Crippen molar-refractivity contribution in [3.8, 4) is 5.75 Å². The molecule has 1 N–H and O–H groups in total. The SMILES string of the molecule is COC(=O)c1ccc(C(=O)NCCOc2ccc(Cl)cc2)nc1. The minimum absolute atomic E-state index is 0.212. The van der Waals surface area contributed by atoms with E-state index in [2.05, 4.69) is 15.0 Å². The van der Waals surface area contributed by atoms with E-state index in [0.717, 1.165) is 0 Å². The largest absolute Gasteiger partial charge is 0.492 e. The summed E-state index contributed by atoms with van der Waals surface area (Å²) in [4.78, 5) is 27.1. The lowest BCUT2D eigenvalue weighted by Crippen LogP contribution is -2.28. The number of carbonyl (C=O) groups excluding carboxylic acids is 2. The van der Waals surface area contributed by atoms with Crippen LogP contribution >= 0.6 is 11.6 Å². The van der Waals surface area contributed by atoms with E-state index in [1.807, 2.05) is 0 Å². The monoisotopic (exact) mass is 334 g/mol. The average Bonchev–Trinajstić information content (AvgIpc) is 2.59. The minimum Gasteiger partial charge on any atom is -0.492 e. The number of benzene rings is 1. The van der Waals surface area contributed by atoms with Crippen LogP contribution in [0.3, 0.4) is 0 Å². The second kappa shape index (κ2) is 8.14. The van der Waals surface area contributed by atoms with Crippen molar-refractivity contribution in [2.75, 3.05) is 20.3 Å². The lowest BCUT2D eigenvalue weighted by Gasteiger charge is -2.07. The second-order valence-electron chi connectivity index (χ2n) is 4.48. The fraction of sp³-hybridized carbons (Fsp3) is 0.188. The quantitative estimate of drug-likeness (QED) is 0.648. The van der Waals surface area contributed by atoms with Crippen molar-refractivity contribution in [1.29, 1.82) is 0 Å². The Morgan fingerprint density at radius 1 is 1.17 bits per heavy atom. The molecule has 1 heterocycles. The third-order valence-electron chi connectivity index (χ3n) is 2.89. The van der Waals surface area contributed by atoms with Crippen LogP contribution in [0.1, 0.15) is 20.8 Å². The zero-order valence-corrected chi connectivity index (χ0v) is 13.2. The van der Waals surface area contributed by atoms with E-state index >= 15 is 0 Å². The standard InChI is InChI=1S/C16H15ClN2O4/c1-22-16(21)11-2-7-14(19-10-11)15(20)18-8-9-23-13-5-3-12(17)4-6-13/h2-7,10H,8-9H2,1H3,(H,18,20). The van der Waals surface area contributed by atoms with Crippen LogP contribution in [-0.2, 0) is 4.74 Å². The highest BCUT2D eigenvalue weighted by molar-refractivity contribution is 6.30. The van der Waals surface area contributed by atoms with E-state index in [1.54, 1.807) is 24.3 Å². The van der Waals surface area contributed by atoms with Gasteiger partial charge in [0.1, 0.15) is 18.1 Å². The van der Waals surface area contributed by atoms with Gasteiger partial charge >= 0.3 is 5.97 Å². The molecule has 0 atom stereocenters. The zero-order valence-electron chi connectivity index (χ0n) is 12.4. The third-order valence-corrected chi connectivity index (χ3v) is 3.14. The highest BCUT2D eigenvalue weighted by Crippen LogP contribution is 2.15. The van der Waals surface area contributed by atoms with Gasteiger partial charge in [0.05, 0.1) is 19.2 Å². The summed E-state index contributed by atoms with van der Waals surface area (Å²) >= 11 is 5.77. The summed E-state index contributed by atoms with van der Waals surface area (Å²) in [5.41, 5.74) is 0.499. The smallest absolute Gasteiger partial charge is 0.339 e. The normalized spacial score (nSPS) is 10.0. The van der Waals surface area contributed by atoms with E-state index in [9.17, 15) is 9.59 Å². The summed E-state index contributed by atoms with van der Waals surface area (Å²) < 4.78 is 10.0. The first-order chi connectivity index (χ1) is 11.1. The molecule has 0 saturated heterocycles. The molecular formula is C16H15ClN2O4. The first-order valence-electron chi connectivity index (χ1n) is 6.81. The maximum absolute atomic E-state index is 11.9. The molecule has 0 saturated carbocycles. The lowest BCUT2D eigenvalue weighted by molar-refractivity contribution is 0.0599. The topological polar surface area (TPSA) is 77.5 Å². The average molecular weight is 335 g/mol. The van der Waals surface area contributed by atoms with E-state index in [-0.39, 0.29) is 17.2 Å². The van der Waals surface area contributed by atoms with Crippen molar-refractivity contribution in [3.63, 3.8) is 0 Å². The molecule has 23 heavy (non-hydrogen) atoms. The second-order valence-corrected chi connectivity index (χ2v) is 4.92. The molecule has 0 aliphatic heterocycles. The first kappa shape index (κ1) is 16.8. The lowest BCUT2D eigenvalue weighted by atomic mass is 10.2. The number of nitrogens with zero attached hydrogens (tertiary/aromatic N) is 1. The highest BCUT2D eigenvalue weighted by atomic mass is 35.5. The number of hydrogen-bond donors (Lipinski definition) is 1. The Balaban J connectivity index is 1.78. The summed E-state index contributed by atoms with van der Waals surface area (Å²) in [6.45, 7) is 0.634. The molecule has 0 bridgehead atoms. The molecule has 1 amide bonds. The number of methoxy groups -OCH3 is 1. The summed E-state index contributed by atoms with van der Waals surface area (Å²) in [5, 5.41) is 3.31. The molecule has 2 rings (SSSR count). The predicted molar refractivity (Wildman–Crippen MR) is 84.9 cm³/mol. The molecule has 0 unspecified atom stereocenters. The molecule has 0 aliphatic carbocycles. The van der Waals surface area contributed by atoms with E-state index in [1.165, 1.54) is 25.4 Å². The van der Waals surface area contributed by atoms with Crippen molar-refractivity contribution < 1.29 is 19.1 Å². The number of hydrogen-bond acceptors (Lipinski definition) is 5. The molecule has 0 fully saturated rings. The molecule has 7 heteroatoms. The Hall–Kier alpha value is -2.60. The Kier molecular flexibility index (Phi) is 5.94. The van der Waals surface area contributed by atoms with Crippen LogP contribution in [0.2, 0.25) is 5.02 Å². The molecule has 1 aromatic heterocycles. The van der Waals surface area contributed by atoms with Crippen LogP contribution in [0, 0.1) is 0 Å². The van der Waals surface area contributed by atoms with E-state index in [0.29, 0.717) is 23.9 Å². The number of rotatable bonds is 6. The maximum Gasteiger partial charge on any atom is 0.339 e. The Morgan fingerprint density at radius 3 is 2.52 bits per heavy atom. The zero-order chi connectivity index (χ0) is 16.7. The molecule has 1 aromatic carbocycles. The summed E-state index contributed by atoms with van der Waals surface area (Å²) in [6.07, 6.45) is 1.30. The van der Waals surface area contributed by atoms with Gasteiger partial charge in [-0.2, -0.15) is 0 Å². The molecule has 6 nitrogen and oxygen atoms in total. The van der Waals surface area contributed by atoms with Gasteiger partial charge in [-0.05, 0) is 36.4 Å². The number of pyridine rings is 1. The van der Waals surface area contributed by atoms with Crippen molar-refractivity contribution in [1.82, 2.24) is 10.3 Å². The Morgan fingerprint density at radius 2 is 1.91 bits per heavy atom. The van der Waals surface area contributed by atoms with Crippen molar-refractivity contribution >= 4 is 23.5 Å². The van der Waals surface area contributed by atoms with Crippen LogP contribution < -0.4 is 10.1 Å². The number of amides is 1. The molecule has 2 aromatic rings. The van der Waals surface area contributed by atoms with Gasteiger partial charge in [-0.15, -0.1) is 0 Å². The van der Waals surface area contributed by atoms with Gasteiger partial charge < -0.3 is 14.8 Å². The summed E-state index contributed by atoms with van der Waals surface area (Å²) in [7, 11) is 1.28. The highest BCUT2D eigenvalue weighted by Gasteiger charge is 2.10. The van der Waals surface area contributed by atoms with Crippen molar-refractivity contribution in [2.45, 2.75) is 0 Å². The fourth-order valence-electron chi connectivity index (χ4n) is 1.72. The predicted octanol–water partition coefficient (Wildman–Crippen LogP) is 2.33. The minimum atomic E-state index is -0.499. The van der Waals surface area contributed by atoms with Crippen LogP contribution in [0.4, 0.5) is 0 Å². The van der Waals surface area contributed by atoms with E-state index in [4.69, 9.17) is 16.3 Å². The molecule has 120 valence electrons. The van der Waals surface area contributed by atoms with Gasteiger partial charge in [-0.25, -0.2) is 4.79 Å². The Bertz CT molecular complexity index is 671. The van der Waals surface area contributed by atoms with Gasteiger partial charge in [0.2, 0.25) is 0 Å². The van der Waals surface area contributed by atoms with Crippen LogP contribution in [-0.4, -0.2) is 37.1 Å². The van der Waals surface area contributed by atoms with Gasteiger partial charge in [0.25, 0.3) is 5.91 Å². The van der Waals surface area contributed by atoms with Gasteiger partial charge in [0, 0.05) is 11.2 Å². The third kappa shape index (κ3) is 4.96. The van der Waals surface area contributed by atoms with Gasteiger partial charge in [-0.3, -0.25) is 9.78 Å². The number of halogens is 1. The number of carbonyl (C=O) groups is 2. The van der Waals surface area contributed by atoms with Crippen molar-refractivity contribution in [2.24, 2.45) is 0 Å². The van der Waals surface area contributed by atoms with E-state index < -0.39 is 5.97 Å². The van der Waals surface area contributed by atoms with Crippen molar-refractivity contribution in [3.05, 3.63) is 58.9 Å². The van der Waals surface area contributed by atoms with Crippen LogP contribution in [0.25, 0.3) is 0 Å². The van der Waals surface area contributed by atoms with Gasteiger partial charge in [0.15, 0.2) is 0 Å². The molecule has 0 spiro atoms. The summed E-state index contributed by atoms with van der Waals surface area (Å²) in [5.74, 6) is -0.175. The van der Waals surface area contributed by atoms with Crippen LogP contribution in [0.5, 0.6) is 5.75 Å². The number of ether oxygens (including phenoxy) is 2. The number of nitrogens with one attached hydrogen (secondary N) is 1. The maximum atomic E-state index is 11.9. The molecule has 0 aliphatic rings. The first-order valence-corrected chi connectivity index (χ1v) is 7.19. The fourth-order valence-corrected chi connectivity index (χ4v) is 1.85. The van der Waals surface area contributed by atoms with Crippen LogP contribution in [0.15, 0.2) is 42.6 Å². The number of esters is 1.